The molecule has 33 heavy (non-hydrogen) atoms. The van der Waals surface area contributed by atoms with Gasteiger partial charge in [0.1, 0.15) is 11.6 Å². The van der Waals surface area contributed by atoms with E-state index in [1.54, 1.807) is 18.2 Å². The Morgan fingerprint density at radius 3 is 2.24 bits per heavy atom. The summed E-state index contributed by atoms with van der Waals surface area (Å²) < 4.78 is 18.7. The number of rotatable bonds is 4. The zero-order chi connectivity index (χ0) is 23.1. The van der Waals surface area contributed by atoms with E-state index in [-0.39, 0.29) is 48.3 Å². The van der Waals surface area contributed by atoms with E-state index in [9.17, 15) is 23.6 Å². The number of anilines is 2. The fourth-order valence-corrected chi connectivity index (χ4v) is 5.04. The van der Waals surface area contributed by atoms with Crippen LogP contribution >= 0.6 is 0 Å². The van der Waals surface area contributed by atoms with E-state index in [0.29, 0.717) is 11.4 Å². The molecule has 7 nitrogen and oxygen atoms in total. The maximum absolute atomic E-state index is 13.2. The van der Waals surface area contributed by atoms with Gasteiger partial charge in [-0.2, -0.15) is 0 Å². The van der Waals surface area contributed by atoms with E-state index < -0.39 is 17.7 Å². The largest absolute Gasteiger partial charge is 0.426 e. The van der Waals surface area contributed by atoms with Crippen molar-refractivity contribution in [1.82, 2.24) is 0 Å². The van der Waals surface area contributed by atoms with Gasteiger partial charge in [-0.3, -0.25) is 19.2 Å². The zero-order valence-corrected chi connectivity index (χ0v) is 17.9. The summed E-state index contributed by atoms with van der Waals surface area (Å²) in [6.07, 6.45) is 3.32. The predicted molar refractivity (Wildman–Crippen MR) is 117 cm³/mol. The fraction of sp³-hybridized carbons (Fsp3) is 0.360. The Morgan fingerprint density at radius 1 is 0.909 bits per heavy atom. The number of carbonyl (C=O) groups excluding carboxylic acids is 4. The van der Waals surface area contributed by atoms with Crippen LogP contribution in [0.2, 0.25) is 0 Å². The van der Waals surface area contributed by atoms with Gasteiger partial charge in [0.15, 0.2) is 0 Å². The van der Waals surface area contributed by atoms with Gasteiger partial charge in [-0.25, -0.2) is 9.29 Å². The third-order valence-electron chi connectivity index (χ3n) is 6.73. The first-order chi connectivity index (χ1) is 15.9. The number of hydrogen-bond donors (Lipinski definition) is 0. The zero-order valence-electron chi connectivity index (χ0n) is 17.9. The van der Waals surface area contributed by atoms with E-state index in [0.717, 1.165) is 25.7 Å². The molecule has 170 valence electrons. The number of nitrogens with zero attached hydrogens (tertiary/aromatic N) is 2. The first-order valence-electron chi connectivity index (χ1n) is 11.2. The molecule has 2 aromatic rings. The Hall–Kier alpha value is -3.55. The van der Waals surface area contributed by atoms with E-state index in [4.69, 9.17) is 4.74 Å². The second-order valence-corrected chi connectivity index (χ2v) is 8.81. The summed E-state index contributed by atoms with van der Waals surface area (Å²) in [4.78, 5) is 53.5. The number of hydrogen-bond acceptors (Lipinski definition) is 5. The van der Waals surface area contributed by atoms with E-state index in [1.807, 2.05) is 0 Å². The standard InChI is InChI=1S/C25H23FN2O5/c26-16-8-10-17(11-9-16)27-14-15(12-22(27)29)25(32)33-19-5-3-4-18(13-19)28-23(30)20-6-1-2-7-21(20)24(28)31/h3-5,8-11,13,15,20-21H,1-2,6-7,12,14H2/t15-,20-,21+/m0/s1. The fourth-order valence-electron chi connectivity index (χ4n) is 5.04. The van der Waals surface area contributed by atoms with Crippen molar-refractivity contribution in [2.75, 3.05) is 16.3 Å². The van der Waals surface area contributed by atoms with Crippen LogP contribution in [-0.4, -0.2) is 30.2 Å². The summed E-state index contributed by atoms with van der Waals surface area (Å²) >= 11 is 0. The van der Waals surface area contributed by atoms with Crippen LogP contribution < -0.4 is 14.5 Å². The van der Waals surface area contributed by atoms with Gasteiger partial charge in [0.2, 0.25) is 17.7 Å². The van der Waals surface area contributed by atoms with Crippen molar-refractivity contribution in [2.24, 2.45) is 17.8 Å². The van der Waals surface area contributed by atoms with Crippen molar-refractivity contribution in [3.63, 3.8) is 0 Å². The highest BCUT2D eigenvalue weighted by molar-refractivity contribution is 6.22. The Kier molecular flexibility index (Phi) is 5.44. The number of fused-ring (bicyclic) bond motifs is 1. The summed E-state index contributed by atoms with van der Waals surface area (Å²) in [6, 6.07) is 11.9. The quantitative estimate of drug-likeness (QED) is 0.405. The molecule has 0 unspecified atom stereocenters. The molecule has 0 N–H and O–H groups in total. The molecule has 2 heterocycles. The molecule has 1 aliphatic carbocycles. The number of amides is 3. The minimum atomic E-state index is -0.677. The van der Waals surface area contributed by atoms with Crippen LogP contribution in [0.3, 0.4) is 0 Å². The lowest BCUT2D eigenvalue weighted by molar-refractivity contribution is -0.139. The highest BCUT2D eigenvalue weighted by atomic mass is 19.1. The van der Waals surface area contributed by atoms with Gasteiger partial charge < -0.3 is 9.64 Å². The molecule has 3 atom stereocenters. The van der Waals surface area contributed by atoms with Crippen LogP contribution in [0.15, 0.2) is 48.5 Å². The van der Waals surface area contributed by atoms with Crippen molar-refractivity contribution < 1.29 is 28.3 Å². The first-order valence-corrected chi connectivity index (χ1v) is 11.2. The Bertz CT molecular complexity index is 1110. The number of benzene rings is 2. The van der Waals surface area contributed by atoms with Crippen LogP contribution in [0.4, 0.5) is 15.8 Å². The molecule has 0 aromatic heterocycles. The Morgan fingerprint density at radius 2 is 1.58 bits per heavy atom. The minimum Gasteiger partial charge on any atom is -0.426 e. The van der Waals surface area contributed by atoms with E-state index >= 15 is 0 Å². The summed E-state index contributed by atoms with van der Waals surface area (Å²) in [5, 5.41) is 0. The van der Waals surface area contributed by atoms with Crippen LogP contribution in [-0.2, 0) is 19.2 Å². The highest BCUT2D eigenvalue weighted by Gasteiger charge is 2.48. The summed E-state index contributed by atoms with van der Waals surface area (Å²) in [5.74, 6) is -2.60. The van der Waals surface area contributed by atoms with Gasteiger partial charge in [0, 0.05) is 24.7 Å². The van der Waals surface area contributed by atoms with Crippen LogP contribution in [0.25, 0.3) is 0 Å². The second-order valence-electron chi connectivity index (χ2n) is 8.81. The minimum absolute atomic E-state index is 0.0116. The number of imide groups is 1. The third-order valence-corrected chi connectivity index (χ3v) is 6.73. The average molecular weight is 450 g/mol. The van der Waals surface area contributed by atoms with Gasteiger partial charge in [0.25, 0.3) is 0 Å². The van der Waals surface area contributed by atoms with Gasteiger partial charge in [-0.1, -0.05) is 18.9 Å². The molecule has 2 saturated heterocycles. The molecular formula is C25H23FN2O5. The molecule has 1 saturated carbocycles. The van der Waals surface area contributed by atoms with E-state index in [1.165, 1.54) is 40.1 Å². The highest BCUT2D eigenvalue weighted by Crippen LogP contribution is 2.40. The lowest BCUT2D eigenvalue weighted by Gasteiger charge is -2.19. The molecule has 2 aromatic carbocycles. The maximum atomic E-state index is 13.2. The van der Waals surface area contributed by atoms with Gasteiger partial charge >= 0.3 is 5.97 Å². The Labute approximate surface area is 190 Å². The summed E-state index contributed by atoms with van der Waals surface area (Å²) in [6.45, 7) is 0.134. The number of halogens is 1. The van der Waals surface area contributed by atoms with Crippen molar-refractivity contribution in [3.8, 4) is 5.75 Å². The molecule has 3 amide bonds. The van der Waals surface area contributed by atoms with Crippen LogP contribution in [0.1, 0.15) is 32.1 Å². The average Bonchev–Trinajstić information content (AvgIpc) is 3.32. The predicted octanol–water partition coefficient (Wildman–Crippen LogP) is 3.46. The van der Waals surface area contributed by atoms with Crippen molar-refractivity contribution in [2.45, 2.75) is 32.1 Å². The smallest absolute Gasteiger partial charge is 0.316 e. The first kappa shape index (κ1) is 21.3. The number of ether oxygens (including phenoxy) is 1. The Balaban J connectivity index is 1.29. The molecule has 8 heteroatoms. The molecule has 0 spiro atoms. The molecule has 3 fully saturated rings. The third kappa shape index (κ3) is 3.90. The molecule has 5 rings (SSSR count). The monoisotopic (exact) mass is 450 g/mol. The lowest BCUT2D eigenvalue weighted by atomic mass is 9.81. The molecule has 2 aliphatic heterocycles. The SMILES string of the molecule is O=C(Oc1cccc(N2C(=O)[C@H]3CCCC[C@H]3C2=O)c1)[C@H]1CC(=O)N(c2ccc(F)cc2)C1. The van der Waals surface area contributed by atoms with Gasteiger partial charge in [-0.05, 0) is 49.2 Å². The van der Waals surface area contributed by atoms with Crippen molar-refractivity contribution in [3.05, 3.63) is 54.3 Å². The lowest BCUT2D eigenvalue weighted by Crippen LogP contribution is -2.31. The number of esters is 1. The molecule has 0 radical (unpaired) electrons. The second kappa shape index (κ2) is 8.42. The molecule has 3 aliphatic rings. The van der Waals surface area contributed by atoms with Gasteiger partial charge in [0.05, 0.1) is 23.4 Å². The van der Waals surface area contributed by atoms with Crippen LogP contribution in [0.5, 0.6) is 5.75 Å². The maximum Gasteiger partial charge on any atom is 0.316 e. The molecule has 0 bridgehead atoms. The number of carbonyl (C=O) groups is 4. The van der Waals surface area contributed by atoms with Crippen LogP contribution in [0, 0.1) is 23.6 Å². The van der Waals surface area contributed by atoms with Gasteiger partial charge in [-0.15, -0.1) is 0 Å². The van der Waals surface area contributed by atoms with E-state index in [2.05, 4.69) is 0 Å². The normalized spacial score (nSPS) is 24.9. The topological polar surface area (TPSA) is 84.0 Å². The summed E-state index contributed by atoms with van der Waals surface area (Å²) in [5.41, 5.74) is 0.909. The molecular weight excluding hydrogens is 427 g/mol. The summed E-state index contributed by atoms with van der Waals surface area (Å²) in [7, 11) is 0. The van der Waals surface area contributed by atoms with Crippen molar-refractivity contribution in [1.29, 1.82) is 0 Å². The van der Waals surface area contributed by atoms with Crippen molar-refractivity contribution >= 4 is 35.1 Å².